The van der Waals surface area contributed by atoms with E-state index in [1.807, 2.05) is 78.9 Å². The summed E-state index contributed by atoms with van der Waals surface area (Å²) in [7, 11) is 2.59. The molecule has 6 aromatic rings. The van der Waals surface area contributed by atoms with Crippen molar-refractivity contribution >= 4 is 60.9 Å². The van der Waals surface area contributed by atoms with Crippen LogP contribution < -0.4 is 35.9 Å². The van der Waals surface area contributed by atoms with Crippen LogP contribution >= 0.6 is 8.53 Å². The SMILES string of the molecule is COC(=O)C(CCC(=O)NCCCOCC[C@@H](COC(c1ccccc1)(c1ccc(OC)cc1)c1ccc(OC)cc1)OP(OCCC#N)N(C(C)C)C(C)C)NC(=O)c1ccc(N(Cc2cnc3nc(NC(=O)C(C)C)[nH]c(=O)c3n2)C(=O)C(F)(F)F)cc1. The molecule has 0 spiro atoms. The average Bonchev–Trinajstić information content (AvgIpc) is 0.788. The molecule has 23 nitrogen and oxygen atoms in total. The molecular weight excluding hydrogens is 1190 g/mol. The van der Waals surface area contributed by atoms with Gasteiger partial charge in [0.2, 0.25) is 17.8 Å². The molecule has 0 fully saturated rings. The molecule has 90 heavy (non-hydrogen) atoms. The molecule has 2 aromatic heterocycles. The number of aromatic nitrogens is 4. The topological polar surface area (TPSA) is 288 Å². The first-order valence-electron chi connectivity index (χ1n) is 29.1. The van der Waals surface area contributed by atoms with Gasteiger partial charge in [-0.3, -0.25) is 39.2 Å². The largest absolute Gasteiger partial charge is 0.497 e. The minimum atomic E-state index is -5.36. The van der Waals surface area contributed by atoms with E-state index in [1.165, 1.54) is 0 Å². The number of carbonyl (C=O) groups is 5. The molecule has 3 atom stereocenters. The number of rotatable bonds is 34. The predicted molar refractivity (Wildman–Crippen MR) is 329 cm³/mol. The molecule has 0 bridgehead atoms. The van der Waals surface area contributed by atoms with Gasteiger partial charge in [-0.15, -0.1) is 0 Å². The Balaban J connectivity index is 1.08. The summed E-state index contributed by atoms with van der Waals surface area (Å²) in [4.78, 5) is 92.1. The number of hydrogen-bond donors (Lipinski definition) is 4. The summed E-state index contributed by atoms with van der Waals surface area (Å²) in [6.45, 7) is 11.5. The number of H-pyrrole nitrogens is 1. The van der Waals surface area contributed by atoms with Crippen molar-refractivity contribution in [3.8, 4) is 17.6 Å². The maximum Gasteiger partial charge on any atom is 0.471 e. The van der Waals surface area contributed by atoms with Gasteiger partial charge in [0.25, 0.3) is 20.0 Å². The van der Waals surface area contributed by atoms with E-state index in [1.54, 1.807) is 28.1 Å². The molecule has 0 saturated heterocycles. The molecule has 0 aliphatic carbocycles. The number of benzene rings is 4. The number of methoxy groups -OCH3 is 3. The molecule has 482 valence electrons. The third-order valence-electron chi connectivity index (χ3n) is 13.9. The predicted octanol–water partition coefficient (Wildman–Crippen LogP) is 9.05. The van der Waals surface area contributed by atoms with E-state index in [-0.39, 0.29) is 98.4 Å². The fourth-order valence-electron chi connectivity index (χ4n) is 9.33. The fourth-order valence-corrected chi connectivity index (χ4v) is 11.1. The minimum Gasteiger partial charge on any atom is -0.497 e. The standard InChI is InChI=1S/C63H76F3N10O13P/c1-40(2)56(78)73-61-72-55-54(58(80)74-61)70-47(37-69-55)38-75(60(82)63(64,65)66)48-23-17-43(18-24-48)57(79)71-52(59(81)85-9)29-30-53(77)68-33-14-34-86-36-31-51(89-90(88-35-13-32-67)76(41(3)4)42(5)6)39-87-62(44-15-11-10-12-16-44,45-19-25-49(83-7)26-20-45)46-21-27-50(84-8)28-22-46/h10-12,15-28,37,40-42,51-52H,13-14,29-31,33-36,38-39H2,1-9H3,(H,68,77)(H,71,79)(H2,69,72,73,74,78,80)/t51-,52?,90?/m0/s1. The molecule has 0 saturated carbocycles. The normalized spacial score (nSPS) is 12.7. The summed E-state index contributed by atoms with van der Waals surface area (Å²) in [6.07, 6.45) is -4.46. The molecular formula is C63H76F3N10O13P. The number of hydrogen-bond acceptors (Lipinski definition) is 18. The lowest BCUT2D eigenvalue weighted by atomic mass is 9.80. The molecule has 27 heteroatoms. The van der Waals surface area contributed by atoms with Gasteiger partial charge in [-0.05, 0) is 112 Å². The van der Waals surface area contributed by atoms with Crippen LogP contribution in [0.25, 0.3) is 11.2 Å². The van der Waals surface area contributed by atoms with Gasteiger partial charge < -0.3 is 43.4 Å². The van der Waals surface area contributed by atoms with Crippen molar-refractivity contribution in [1.29, 1.82) is 5.26 Å². The van der Waals surface area contributed by atoms with E-state index in [2.05, 4.69) is 74.3 Å². The zero-order valence-electron chi connectivity index (χ0n) is 51.6. The fraction of sp³-hybridized carbons (Fsp3) is 0.429. The summed E-state index contributed by atoms with van der Waals surface area (Å²) < 4.78 is 86.8. The summed E-state index contributed by atoms with van der Waals surface area (Å²) in [5.41, 5.74) is -0.790. The second-order valence-corrected chi connectivity index (χ2v) is 22.7. The van der Waals surface area contributed by atoms with Crippen LogP contribution in [-0.4, -0.2) is 139 Å². The molecule has 4 aromatic carbocycles. The second kappa shape index (κ2) is 33.9. The van der Waals surface area contributed by atoms with Crippen LogP contribution in [0.4, 0.5) is 24.8 Å². The molecule has 2 heterocycles. The van der Waals surface area contributed by atoms with E-state index in [0.717, 1.165) is 54.3 Å². The van der Waals surface area contributed by atoms with Crippen LogP contribution in [0, 0.1) is 17.2 Å². The number of nitrogens with one attached hydrogen (secondary N) is 4. The Hall–Kier alpha value is -8.44. The van der Waals surface area contributed by atoms with Gasteiger partial charge in [0, 0.05) is 55.4 Å². The minimum absolute atomic E-state index is 0.0152. The van der Waals surface area contributed by atoms with Gasteiger partial charge in [0.15, 0.2) is 11.2 Å². The van der Waals surface area contributed by atoms with Crippen LogP contribution in [0.1, 0.15) is 106 Å². The number of aromatic amines is 1. The highest BCUT2D eigenvalue weighted by molar-refractivity contribution is 7.44. The van der Waals surface area contributed by atoms with Crippen LogP contribution in [0.5, 0.6) is 11.5 Å². The lowest BCUT2D eigenvalue weighted by Gasteiger charge is -2.39. The number of fused-ring (bicyclic) bond motifs is 1. The average molecular weight is 1270 g/mol. The van der Waals surface area contributed by atoms with E-state index in [4.69, 9.17) is 32.7 Å². The van der Waals surface area contributed by atoms with Crippen LogP contribution in [0.15, 0.2) is 114 Å². The van der Waals surface area contributed by atoms with Gasteiger partial charge >= 0.3 is 18.1 Å². The first-order chi connectivity index (χ1) is 43.0. The third kappa shape index (κ3) is 19.5. The van der Waals surface area contributed by atoms with Crippen molar-refractivity contribution in [3.05, 3.63) is 148 Å². The third-order valence-corrected chi connectivity index (χ3v) is 16.0. The number of nitrogens with zero attached hydrogens (tertiary/aromatic N) is 6. The van der Waals surface area contributed by atoms with E-state index < -0.39 is 80.1 Å². The van der Waals surface area contributed by atoms with Crippen molar-refractivity contribution in [1.82, 2.24) is 35.2 Å². The van der Waals surface area contributed by atoms with Crippen molar-refractivity contribution in [2.24, 2.45) is 5.92 Å². The number of amides is 4. The number of ether oxygens (including phenoxy) is 5. The number of halogens is 3. The smallest absolute Gasteiger partial charge is 0.471 e. The quantitative estimate of drug-likeness (QED) is 0.0127. The highest BCUT2D eigenvalue weighted by atomic mass is 31.2. The maximum absolute atomic E-state index is 14.0. The molecule has 6 rings (SSSR count). The molecule has 4 N–H and O–H groups in total. The first kappa shape index (κ1) is 70.6. The summed E-state index contributed by atoms with van der Waals surface area (Å²) in [5.74, 6) is -4.24. The van der Waals surface area contributed by atoms with Crippen molar-refractivity contribution < 1.29 is 69.9 Å². The number of esters is 1. The Bertz CT molecular complexity index is 3370. The second-order valence-electron chi connectivity index (χ2n) is 21.3. The van der Waals surface area contributed by atoms with Crippen LogP contribution in [0.2, 0.25) is 0 Å². The number of carbonyl (C=O) groups excluding carboxylic acids is 5. The first-order valence-corrected chi connectivity index (χ1v) is 30.2. The van der Waals surface area contributed by atoms with Crippen molar-refractivity contribution in [3.63, 3.8) is 0 Å². The molecule has 0 aliphatic heterocycles. The molecule has 2 unspecified atom stereocenters. The number of anilines is 2. The Morgan fingerprint density at radius 3 is 1.97 bits per heavy atom. The summed E-state index contributed by atoms with van der Waals surface area (Å²) in [6, 6.07) is 30.5. The Labute approximate surface area is 521 Å². The Morgan fingerprint density at radius 2 is 1.40 bits per heavy atom. The highest BCUT2D eigenvalue weighted by Gasteiger charge is 2.44. The zero-order valence-corrected chi connectivity index (χ0v) is 52.5. The number of alkyl halides is 3. The summed E-state index contributed by atoms with van der Waals surface area (Å²) >= 11 is 0. The lowest BCUT2D eigenvalue weighted by Crippen LogP contribution is -2.42. The van der Waals surface area contributed by atoms with Crippen molar-refractivity contribution in [2.75, 3.05) is 64.5 Å². The molecule has 0 aliphatic rings. The maximum atomic E-state index is 14.0. The van der Waals surface area contributed by atoms with Crippen LogP contribution in [-0.2, 0) is 54.6 Å². The van der Waals surface area contributed by atoms with E-state index in [9.17, 15) is 47.2 Å². The van der Waals surface area contributed by atoms with Crippen LogP contribution in [0.3, 0.4) is 0 Å². The van der Waals surface area contributed by atoms with Gasteiger partial charge in [-0.1, -0.05) is 68.4 Å². The lowest BCUT2D eigenvalue weighted by molar-refractivity contribution is -0.170. The van der Waals surface area contributed by atoms with Crippen molar-refractivity contribution in [2.45, 2.75) is 116 Å². The van der Waals surface area contributed by atoms with E-state index in [0.29, 0.717) is 29.2 Å². The number of nitriles is 1. The molecule has 0 radical (unpaired) electrons. The van der Waals surface area contributed by atoms with E-state index >= 15 is 0 Å². The van der Waals surface area contributed by atoms with Gasteiger partial charge in [-0.25, -0.2) is 19.4 Å². The Kier molecular flexibility index (Phi) is 26.6. The Morgan fingerprint density at radius 1 is 0.778 bits per heavy atom. The summed E-state index contributed by atoms with van der Waals surface area (Å²) in [5, 5.41) is 17.2. The van der Waals surface area contributed by atoms with Gasteiger partial charge in [0.05, 0.1) is 71.6 Å². The molecule has 4 amide bonds. The van der Waals surface area contributed by atoms with Gasteiger partial charge in [0.1, 0.15) is 23.1 Å². The zero-order chi connectivity index (χ0) is 65.5. The monoisotopic (exact) mass is 1270 g/mol. The highest BCUT2D eigenvalue weighted by Crippen LogP contribution is 2.49. The van der Waals surface area contributed by atoms with Gasteiger partial charge in [-0.2, -0.15) is 23.4 Å².